The first-order valence-corrected chi connectivity index (χ1v) is 10.1. The molecule has 5 rings (SSSR count). The van der Waals surface area contributed by atoms with Gasteiger partial charge in [0.1, 0.15) is 5.82 Å². The predicted octanol–water partition coefficient (Wildman–Crippen LogP) is 2.54. The lowest BCUT2D eigenvalue weighted by atomic mass is 10.0. The summed E-state index contributed by atoms with van der Waals surface area (Å²) in [6.07, 6.45) is 3.24. The van der Waals surface area contributed by atoms with Crippen LogP contribution in [0.2, 0.25) is 0 Å². The van der Waals surface area contributed by atoms with E-state index in [1.807, 2.05) is 4.90 Å². The zero-order chi connectivity index (χ0) is 26.5. The number of aliphatic imine (C=N–C) groups is 1. The van der Waals surface area contributed by atoms with Crippen LogP contribution in [0.3, 0.4) is 0 Å². The summed E-state index contributed by atoms with van der Waals surface area (Å²) >= 11 is 0. The molecule has 1 aromatic heterocycles. The molecule has 1 amide bonds. The van der Waals surface area contributed by atoms with Gasteiger partial charge in [-0.05, 0) is 49.8 Å². The quantitative estimate of drug-likeness (QED) is 0.817. The summed E-state index contributed by atoms with van der Waals surface area (Å²) < 4.78 is 61.0. The molecule has 0 saturated carbocycles. The Morgan fingerprint density at radius 1 is 1.13 bits per heavy atom. The van der Waals surface area contributed by atoms with Crippen molar-refractivity contribution in [3.05, 3.63) is 59.8 Å². The van der Waals surface area contributed by atoms with Crippen LogP contribution in [0.25, 0.3) is 11.4 Å². The van der Waals surface area contributed by atoms with E-state index < -0.39 is 25.8 Å². The number of nitrogens with one attached hydrogen (secondary N) is 1. The first kappa shape index (κ1) is 14.0. The standard InChI is InChI=1S/C23H25FN6O/c1-14-9-15(2)28-23(27-14)30-12-16-10-29(11-17(16)13-30)22(31)18-5-3-6-19(24)20(18)21-25-7-4-8-26-21/h3-9,16-17,23,27H,10-13H2,1-2H3/i1D3,2D3. The highest BCUT2D eigenvalue weighted by Gasteiger charge is 2.44. The molecular formula is C23H25FN6O. The number of aromatic nitrogens is 2. The van der Waals surface area contributed by atoms with E-state index in [9.17, 15) is 9.18 Å². The molecular weight excluding hydrogens is 395 g/mol. The Labute approximate surface area is 189 Å². The fourth-order valence-electron chi connectivity index (χ4n) is 4.61. The highest BCUT2D eigenvalue weighted by molar-refractivity contribution is 6.00. The molecule has 3 aliphatic heterocycles. The number of rotatable bonds is 3. The zero-order valence-corrected chi connectivity index (χ0v) is 16.6. The number of amides is 1. The number of carbonyl (C=O) groups is 1. The van der Waals surface area contributed by atoms with E-state index in [4.69, 9.17) is 8.22 Å². The Hall–Kier alpha value is -3.13. The number of fused-ring (bicyclic) bond motifs is 1. The van der Waals surface area contributed by atoms with Gasteiger partial charge in [-0.3, -0.25) is 14.7 Å². The van der Waals surface area contributed by atoms with Crippen LogP contribution in [0.4, 0.5) is 4.39 Å². The molecule has 160 valence electrons. The second kappa shape index (κ2) is 7.85. The summed E-state index contributed by atoms with van der Waals surface area (Å²) in [5.74, 6) is -0.603. The number of hydrogen-bond donors (Lipinski definition) is 1. The lowest BCUT2D eigenvalue weighted by Gasteiger charge is -2.30. The van der Waals surface area contributed by atoms with Crippen molar-refractivity contribution >= 4 is 11.6 Å². The summed E-state index contributed by atoms with van der Waals surface area (Å²) in [5.41, 5.74) is -0.155. The van der Waals surface area contributed by atoms with Crippen LogP contribution in [-0.4, -0.2) is 63.9 Å². The number of nitrogens with zero attached hydrogens (tertiary/aromatic N) is 5. The van der Waals surface area contributed by atoms with Gasteiger partial charge in [0.15, 0.2) is 12.1 Å². The Bertz CT molecular complexity index is 1250. The molecule has 1 N–H and O–H groups in total. The van der Waals surface area contributed by atoms with Crippen molar-refractivity contribution in [3.8, 4) is 11.4 Å². The molecule has 7 nitrogen and oxygen atoms in total. The van der Waals surface area contributed by atoms with Crippen LogP contribution in [0.5, 0.6) is 0 Å². The van der Waals surface area contributed by atoms with Crippen LogP contribution < -0.4 is 5.32 Å². The van der Waals surface area contributed by atoms with Crippen LogP contribution in [0, 0.1) is 17.7 Å². The number of allylic oxidation sites excluding steroid dienone is 2. The van der Waals surface area contributed by atoms with Crippen LogP contribution >= 0.6 is 0 Å². The minimum atomic E-state index is -2.54. The third kappa shape index (κ3) is 3.72. The van der Waals surface area contributed by atoms with E-state index in [-0.39, 0.29) is 46.1 Å². The molecule has 2 aromatic rings. The minimum absolute atomic E-state index is 0.0636. The molecule has 0 aliphatic carbocycles. The van der Waals surface area contributed by atoms with Gasteiger partial charge in [-0.25, -0.2) is 14.4 Å². The maximum absolute atomic E-state index is 14.7. The van der Waals surface area contributed by atoms with Crippen LogP contribution in [-0.2, 0) is 0 Å². The average molecular weight is 427 g/mol. The topological polar surface area (TPSA) is 73.7 Å². The lowest BCUT2D eigenvalue weighted by Crippen LogP contribution is -2.46. The van der Waals surface area contributed by atoms with Gasteiger partial charge in [-0.15, -0.1) is 0 Å². The fraction of sp³-hybridized carbons (Fsp3) is 0.391. The lowest BCUT2D eigenvalue weighted by molar-refractivity contribution is 0.0768. The molecule has 0 bridgehead atoms. The van der Waals surface area contributed by atoms with Crippen molar-refractivity contribution in [1.29, 1.82) is 0 Å². The van der Waals surface area contributed by atoms with Gasteiger partial charge in [-0.2, -0.15) is 0 Å². The number of halogens is 1. The monoisotopic (exact) mass is 426 g/mol. The first-order valence-electron chi connectivity index (χ1n) is 13.1. The van der Waals surface area contributed by atoms with Crippen molar-refractivity contribution in [3.63, 3.8) is 0 Å². The zero-order valence-electron chi connectivity index (χ0n) is 22.6. The number of likely N-dealkylation sites (tertiary alicyclic amines) is 2. The normalized spacial score (nSPS) is 29.3. The largest absolute Gasteiger partial charge is 0.355 e. The summed E-state index contributed by atoms with van der Waals surface area (Å²) in [7, 11) is 0. The third-order valence-corrected chi connectivity index (χ3v) is 6.01. The van der Waals surface area contributed by atoms with Gasteiger partial charge >= 0.3 is 0 Å². The van der Waals surface area contributed by atoms with Crippen molar-refractivity contribution in [2.45, 2.75) is 20.0 Å². The summed E-state index contributed by atoms with van der Waals surface area (Å²) in [6.45, 7) is -3.20. The molecule has 3 atom stereocenters. The predicted molar refractivity (Wildman–Crippen MR) is 116 cm³/mol. The number of benzene rings is 1. The number of hydrogen-bond acceptors (Lipinski definition) is 6. The van der Waals surface area contributed by atoms with E-state index in [0.717, 1.165) is 6.08 Å². The molecule has 0 radical (unpaired) electrons. The fourth-order valence-corrected chi connectivity index (χ4v) is 4.61. The van der Waals surface area contributed by atoms with E-state index >= 15 is 0 Å². The smallest absolute Gasteiger partial charge is 0.254 e. The Kier molecular flexibility index (Phi) is 3.55. The van der Waals surface area contributed by atoms with Gasteiger partial charge < -0.3 is 10.2 Å². The molecule has 2 fully saturated rings. The minimum Gasteiger partial charge on any atom is -0.355 e. The maximum Gasteiger partial charge on any atom is 0.254 e. The molecule has 2 saturated heterocycles. The molecule has 3 aliphatic rings. The molecule has 4 heterocycles. The molecule has 31 heavy (non-hydrogen) atoms. The van der Waals surface area contributed by atoms with Crippen LogP contribution in [0.15, 0.2) is 53.4 Å². The first-order chi connectivity index (χ1) is 17.4. The number of carbonyl (C=O) groups excluding carboxylic acids is 1. The van der Waals surface area contributed by atoms with Gasteiger partial charge in [0.2, 0.25) is 0 Å². The SMILES string of the molecule is [2H]C([2H])([2H])C1=CC(C([2H])([2H])[2H])=NC(N2CC3CN(C(=O)c4cccc(F)c4-c4ncccn4)CC3C2)N1. The van der Waals surface area contributed by atoms with Crippen molar-refractivity contribution in [2.24, 2.45) is 16.8 Å². The van der Waals surface area contributed by atoms with E-state index in [1.165, 1.54) is 24.5 Å². The van der Waals surface area contributed by atoms with Gasteiger partial charge in [0.05, 0.1) is 11.1 Å². The molecule has 0 spiro atoms. The Morgan fingerprint density at radius 3 is 2.61 bits per heavy atom. The van der Waals surface area contributed by atoms with Gasteiger partial charge in [0.25, 0.3) is 5.91 Å². The average Bonchev–Trinajstić information content (AvgIpc) is 3.42. The van der Waals surface area contributed by atoms with E-state index in [1.54, 1.807) is 17.0 Å². The van der Waals surface area contributed by atoms with Crippen molar-refractivity contribution in [2.75, 3.05) is 26.2 Å². The molecule has 8 heteroatoms. The summed E-state index contributed by atoms with van der Waals surface area (Å²) in [4.78, 5) is 29.5. The molecule has 1 aromatic carbocycles. The Morgan fingerprint density at radius 2 is 1.90 bits per heavy atom. The summed E-state index contributed by atoms with van der Waals surface area (Å²) in [5, 5.41) is 2.87. The third-order valence-electron chi connectivity index (χ3n) is 6.01. The van der Waals surface area contributed by atoms with Crippen molar-refractivity contribution in [1.82, 2.24) is 25.1 Å². The van der Waals surface area contributed by atoms with Crippen molar-refractivity contribution < 1.29 is 17.4 Å². The second-order valence-electron chi connectivity index (χ2n) is 8.01. The van der Waals surface area contributed by atoms with E-state index in [0.29, 0.717) is 26.2 Å². The summed E-state index contributed by atoms with van der Waals surface area (Å²) in [6, 6.07) is 5.94. The Balaban J connectivity index is 1.31. The van der Waals surface area contributed by atoms with E-state index in [2.05, 4.69) is 20.3 Å². The maximum atomic E-state index is 14.7. The highest BCUT2D eigenvalue weighted by atomic mass is 19.1. The highest BCUT2D eigenvalue weighted by Crippen LogP contribution is 2.34. The second-order valence-corrected chi connectivity index (χ2v) is 8.01. The van der Waals surface area contributed by atoms with Gasteiger partial charge in [0, 0.05) is 58.2 Å². The van der Waals surface area contributed by atoms with Crippen LogP contribution in [0.1, 0.15) is 32.3 Å². The van der Waals surface area contributed by atoms with Gasteiger partial charge in [-0.1, -0.05) is 6.07 Å². The molecule has 3 unspecified atom stereocenters.